The molecule has 140 valence electrons. The molecule has 0 atom stereocenters. The minimum Gasteiger partial charge on any atom is -0.279 e. The van der Waals surface area contributed by atoms with E-state index >= 15 is 0 Å². The van der Waals surface area contributed by atoms with Crippen molar-refractivity contribution < 1.29 is 4.79 Å². The summed E-state index contributed by atoms with van der Waals surface area (Å²) in [5.41, 5.74) is 4.67. The van der Waals surface area contributed by atoms with E-state index in [0.29, 0.717) is 22.3 Å². The summed E-state index contributed by atoms with van der Waals surface area (Å²) in [6.45, 7) is 4.52. The molecule has 0 radical (unpaired) electrons. The number of thiazole rings is 1. The number of rotatable bonds is 4. The quantitative estimate of drug-likeness (QED) is 0.429. The Morgan fingerprint density at radius 3 is 2.64 bits per heavy atom. The van der Waals surface area contributed by atoms with Gasteiger partial charge in [0.2, 0.25) is 0 Å². The van der Waals surface area contributed by atoms with Crippen LogP contribution in [0, 0.1) is 13.8 Å². The lowest BCUT2D eigenvalue weighted by Crippen LogP contribution is -2.30. The van der Waals surface area contributed by atoms with Crippen molar-refractivity contribution in [1.82, 2.24) is 9.97 Å². The van der Waals surface area contributed by atoms with E-state index in [2.05, 4.69) is 31.0 Å². The molecule has 2 aromatic heterocycles. The number of aryl methyl sites for hydroxylation is 2. The monoisotopic (exact) mass is 407 g/mol. The molecule has 0 fully saturated rings. The van der Waals surface area contributed by atoms with Crippen LogP contribution >= 0.6 is 22.9 Å². The van der Waals surface area contributed by atoms with Gasteiger partial charge in [-0.1, -0.05) is 41.1 Å². The zero-order valence-electron chi connectivity index (χ0n) is 15.5. The first-order valence-electron chi connectivity index (χ1n) is 8.86. The molecule has 0 N–H and O–H groups in total. The summed E-state index contributed by atoms with van der Waals surface area (Å²) >= 11 is 7.80. The van der Waals surface area contributed by atoms with E-state index in [9.17, 15) is 4.79 Å². The number of nitrogens with zero attached hydrogens (tertiary/aromatic N) is 3. The second kappa shape index (κ2) is 7.70. The van der Waals surface area contributed by atoms with Gasteiger partial charge in [0.05, 0.1) is 27.3 Å². The van der Waals surface area contributed by atoms with Crippen LogP contribution in [0.5, 0.6) is 0 Å². The van der Waals surface area contributed by atoms with Crippen LogP contribution in [0.4, 0.5) is 5.13 Å². The molecule has 0 saturated heterocycles. The molecule has 0 spiro atoms. The summed E-state index contributed by atoms with van der Waals surface area (Å²) in [6.07, 6.45) is 3.47. The Morgan fingerprint density at radius 2 is 1.89 bits per heavy atom. The molecule has 4 nitrogen and oxygen atoms in total. The molecule has 0 aliphatic carbocycles. The molecule has 0 aliphatic heterocycles. The first kappa shape index (κ1) is 18.6. The van der Waals surface area contributed by atoms with Crippen molar-refractivity contribution in [3.8, 4) is 0 Å². The number of amides is 1. The van der Waals surface area contributed by atoms with Crippen molar-refractivity contribution in [2.75, 3.05) is 4.90 Å². The van der Waals surface area contributed by atoms with Gasteiger partial charge in [-0.15, -0.1) is 0 Å². The van der Waals surface area contributed by atoms with Crippen molar-refractivity contribution >= 4 is 44.2 Å². The van der Waals surface area contributed by atoms with Crippen LogP contribution in [0.2, 0.25) is 5.02 Å². The molecule has 2 heterocycles. The van der Waals surface area contributed by atoms with Crippen LogP contribution in [0.3, 0.4) is 0 Å². The Bertz CT molecular complexity index is 1120. The minimum absolute atomic E-state index is 0.179. The Hall–Kier alpha value is -2.76. The number of hydrogen-bond acceptors (Lipinski definition) is 4. The fourth-order valence-corrected chi connectivity index (χ4v) is 4.22. The molecular weight excluding hydrogens is 390 g/mol. The van der Waals surface area contributed by atoms with E-state index in [1.807, 2.05) is 24.3 Å². The maximum Gasteiger partial charge on any atom is 0.261 e. The van der Waals surface area contributed by atoms with Crippen molar-refractivity contribution in [2.45, 2.75) is 20.4 Å². The average Bonchev–Trinajstić information content (AvgIpc) is 3.09. The summed E-state index contributed by atoms with van der Waals surface area (Å²) in [5.74, 6) is -0.179. The third-order valence-electron chi connectivity index (χ3n) is 4.64. The standard InChI is InChI=1S/C22H18ClN3OS/c1-14-10-19-20(11-15(14)2)28-22(25-19)26(13-16-6-5-9-24-12-16)21(27)17-7-3-4-8-18(17)23/h3-12H,13H2,1-2H3. The van der Waals surface area contributed by atoms with E-state index in [1.165, 1.54) is 22.5 Å². The third kappa shape index (κ3) is 3.63. The number of halogens is 1. The van der Waals surface area contributed by atoms with Crippen molar-refractivity contribution in [3.63, 3.8) is 0 Å². The maximum absolute atomic E-state index is 13.4. The lowest BCUT2D eigenvalue weighted by atomic mass is 10.1. The fourth-order valence-electron chi connectivity index (χ4n) is 2.96. The number of pyridine rings is 1. The highest BCUT2D eigenvalue weighted by Gasteiger charge is 2.23. The summed E-state index contributed by atoms with van der Waals surface area (Å²) in [7, 11) is 0. The van der Waals surface area contributed by atoms with Crippen molar-refractivity contribution in [1.29, 1.82) is 0 Å². The minimum atomic E-state index is -0.179. The molecule has 4 aromatic rings. The molecule has 6 heteroatoms. The molecule has 2 aromatic carbocycles. The zero-order valence-corrected chi connectivity index (χ0v) is 17.1. The highest BCUT2D eigenvalue weighted by Crippen LogP contribution is 2.33. The number of aromatic nitrogens is 2. The Labute approximate surface area is 172 Å². The van der Waals surface area contributed by atoms with Gasteiger partial charge in [0.15, 0.2) is 5.13 Å². The first-order valence-corrected chi connectivity index (χ1v) is 10.1. The van der Waals surface area contributed by atoms with Gasteiger partial charge in [-0.05, 0) is 60.9 Å². The SMILES string of the molecule is Cc1cc2nc(N(Cc3cccnc3)C(=O)c3ccccc3Cl)sc2cc1C. The van der Waals surface area contributed by atoms with Crippen LogP contribution < -0.4 is 4.90 Å². The van der Waals surface area contributed by atoms with Crippen LogP contribution in [0.25, 0.3) is 10.2 Å². The maximum atomic E-state index is 13.4. The van der Waals surface area contributed by atoms with Gasteiger partial charge in [0, 0.05) is 12.4 Å². The second-order valence-electron chi connectivity index (χ2n) is 6.63. The highest BCUT2D eigenvalue weighted by molar-refractivity contribution is 7.22. The largest absolute Gasteiger partial charge is 0.279 e. The van der Waals surface area contributed by atoms with Gasteiger partial charge in [-0.3, -0.25) is 14.7 Å². The molecule has 28 heavy (non-hydrogen) atoms. The van der Waals surface area contributed by atoms with Crippen molar-refractivity contribution in [2.24, 2.45) is 0 Å². The smallest absolute Gasteiger partial charge is 0.261 e. The second-order valence-corrected chi connectivity index (χ2v) is 8.05. The van der Waals surface area contributed by atoms with E-state index in [-0.39, 0.29) is 5.91 Å². The zero-order chi connectivity index (χ0) is 19.7. The van der Waals surface area contributed by atoms with Crippen molar-refractivity contribution in [3.05, 3.63) is 88.2 Å². The fraction of sp³-hybridized carbons (Fsp3) is 0.136. The Balaban J connectivity index is 1.81. The van der Waals surface area contributed by atoms with Gasteiger partial charge in [0.1, 0.15) is 0 Å². The lowest BCUT2D eigenvalue weighted by molar-refractivity contribution is 0.0985. The van der Waals surface area contributed by atoms with Crippen LogP contribution in [-0.4, -0.2) is 15.9 Å². The summed E-state index contributed by atoms with van der Waals surface area (Å²) in [6, 6.07) is 15.1. The number of anilines is 1. The molecule has 0 unspecified atom stereocenters. The molecule has 0 bridgehead atoms. The van der Waals surface area contributed by atoms with Gasteiger partial charge in [-0.2, -0.15) is 0 Å². The van der Waals surface area contributed by atoms with E-state index < -0.39 is 0 Å². The number of carbonyl (C=O) groups excluding carboxylic acids is 1. The molecule has 1 amide bonds. The molecule has 0 aliphatic rings. The topological polar surface area (TPSA) is 46.1 Å². The number of carbonyl (C=O) groups is 1. The normalized spacial score (nSPS) is 11.0. The molecule has 0 saturated carbocycles. The number of hydrogen-bond donors (Lipinski definition) is 0. The van der Waals surface area contributed by atoms with E-state index in [1.54, 1.807) is 29.4 Å². The number of fused-ring (bicyclic) bond motifs is 1. The lowest BCUT2D eigenvalue weighted by Gasteiger charge is -2.20. The van der Waals surface area contributed by atoms with E-state index in [4.69, 9.17) is 16.6 Å². The third-order valence-corrected chi connectivity index (χ3v) is 6.01. The highest BCUT2D eigenvalue weighted by atomic mass is 35.5. The van der Waals surface area contributed by atoms with Crippen LogP contribution in [0.15, 0.2) is 60.9 Å². The summed E-state index contributed by atoms with van der Waals surface area (Å²) in [5, 5.41) is 1.07. The average molecular weight is 408 g/mol. The van der Waals surface area contributed by atoms with Gasteiger partial charge < -0.3 is 0 Å². The van der Waals surface area contributed by atoms with Crippen LogP contribution in [0.1, 0.15) is 27.0 Å². The van der Waals surface area contributed by atoms with Gasteiger partial charge in [-0.25, -0.2) is 4.98 Å². The Kier molecular flexibility index (Phi) is 5.11. The predicted molar refractivity (Wildman–Crippen MR) is 115 cm³/mol. The first-order chi connectivity index (χ1) is 13.5. The predicted octanol–water partition coefficient (Wildman–Crippen LogP) is 5.81. The van der Waals surface area contributed by atoms with E-state index in [0.717, 1.165) is 15.8 Å². The molecule has 4 rings (SSSR count). The Morgan fingerprint density at radius 1 is 1.11 bits per heavy atom. The number of benzene rings is 2. The van der Waals surface area contributed by atoms with Gasteiger partial charge in [0.25, 0.3) is 5.91 Å². The summed E-state index contributed by atoms with van der Waals surface area (Å²) < 4.78 is 1.06. The van der Waals surface area contributed by atoms with Gasteiger partial charge >= 0.3 is 0 Å². The molecular formula is C22H18ClN3OS. The van der Waals surface area contributed by atoms with Crippen LogP contribution in [-0.2, 0) is 6.54 Å². The summed E-state index contributed by atoms with van der Waals surface area (Å²) in [4.78, 5) is 24.0.